The van der Waals surface area contributed by atoms with Crippen molar-refractivity contribution in [2.75, 3.05) is 111 Å². The molecule has 0 heterocycles. The van der Waals surface area contributed by atoms with Gasteiger partial charge in [-0.3, -0.25) is 4.18 Å². The van der Waals surface area contributed by atoms with E-state index >= 15 is 0 Å². The van der Waals surface area contributed by atoms with Gasteiger partial charge in [0.25, 0.3) is 10.1 Å². The molecule has 0 spiro atoms. The molecular formula is C24H55Cl2N9O10S. The van der Waals surface area contributed by atoms with Crippen LogP contribution in [0.25, 0.3) is 31.3 Å². The van der Waals surface area contributed by atoms with Gasteiger partial charge in [0.15, 0.2) is 0 Å². The standard InChI is InChI=1S/C5H11N3O4S.C5H12O2.C5H12.2C4H9N3O2.CH2Cl2/c1-13(9,10)12-5-4-11-3-2-7-8-6;1-2-4-7-5-3-6;1-3-5-4-2;2*5-7-6-1-3-9-4-2-8;2-1-3/h2-5H2,1H3;6H,2-5H2,1H3;3-5H2,1-2H3;2*8H,1-4H2;1H2. The summed E-state index contributed by atoms with van der Waals surface area (Å²) in [7, 11) is -3.38. The molecule has 0 bridgehead atoms. The summed E-state index contributed by atoms with van der Waals surface area (Å²) in [6.45, 7) is 10.5. The van der Waals surface area contributed by atoms with Gasteiger partial charge in [-0.25, -0.2) is 0 Å². The Morgan fingerprint density at radius 3 is 1.15 bits per heavy atom. The quantitative estimate of drug-likeness (QED) is 0.0318. The Balaban J connectivity index is -0.000000109. The molecule has 0 aliphatic carbocycles. The molecule has 0 atom stereocenters. The minimum atomic E-state index is -3.38. The van der Waals surface area contributed by atoms with Crippen molar-refractivity contribution >= 4 is 33.3 Å². The van der Waals surface area contributed by atoms with E-state index in [-0.39, 0.29) is 51.5 Å². The molecule has 0 aliphatic heterocycles. The summed E-state index contributed by atoms with van der Waals surface area (Å²) < 4.78 is 44.5. The van der Waals surface area contributed by atoms with Crippen LogP contribution in [-0.2, 0) is 33.2 Å². The molecule has 0 radical (unpaired) electrons. The second-order valence-corrected chi connectivity index (χ2v) is 9.92. The van der Waals surface area contributed by atoms with E-state index in [0.29, 0.717) is 46.1 Å². The van der Waals surface area contributed by atoms with E-state index < -0.39 is 10.1 Å². The van der Waals surface area contributed by atoms with Crippen molar-refractivity contribution < 1.29 is 46.9 Å². The van der Waals surface area contributed by atoms with Crippen molar-refractivity contribution in [3.8, 4) is 0 Å². The second-order valence-electron chi connectivity index (χ2n) is 7.46. The van der Waals surface area contributed by atoms with Crippen LogP contribution in [-0.4, -0.2) is 134 Å². The minimum Gasteiger partial charge on any atom is -0.394 e. The molecule has 276 valence electrons. The molecule has 0 aliphatic rings. The van der Waals surface area contributed by atoms with Gasteiger partial charge in [-0.05, 0) is 23.0 Å². The summed E-state index contributed by atoms with van der Waals surface area (Å²) >= 11 is 9.53. The van der Waals surface area contributed by atoms with Gasteiger partial charge >= 0.3 is 0 Å². The second kappa shape index (κ2) is 62.0. The number of rotatable bonds is 23. The topological polar surface area (TPSA) is 287 Å². The third-order valence-electron chi connectivity index (χ3n) is 3.48. The summed E-state index contributed by atoms with van der Waals surface area (Å²) in [5, 5.41) is 34.4. The van der Waals surface area contributed by atoms with Crippen LogP contribution in [0.3, 0.4) is 0 Å². The maximum atomic E-state index is 10.4. The highest BCUT2D eigenvalue weighted by atomic mass is 35.5. The molecule has 0 rings (SSSR count). The first-order valence-corrected chi connectivity index (χ1v) is 17.1. The van der Waals surface area contributed by atoms with Crippen molar-refractivity contribution in [2.24, 2.45) is 15.3 Å². The number of hydrogen-bond acceptors (Lipinski definition) is 13. The Morgan fingerprint density at radius 1 is 0.587 bits per heavy atom. The fourth-order valence-electron chi connectivity index (χ4n) is 1.79. The van der Waals surface area contributed by atoms with Crippen LogP contribution in [0, 0.1) is 0 Å². The molecule has 46 heavy (non-hydrogen) atoms. The Bertz CT molecular complexity index is 760. The zero-order chi connectivity index (χ0) is 36.4. The van der Waals surface area contributed by atoms with E-state index in [1.807, 2.05) is 6.92 Å². The number of unbranched alkanes of at least 4 members (excludes halogenated alkanes) is 2. The molecule has 0 amide bonds. The van der Waals surface area contributed by atoms with E-state index in [4.69, 9.17) is 74.1 Å². The summed E-state index contributed by atoms with van der Waals surface area (Å²) in [4.78, 5) is 7.54. The van der Waals surface area contributed by atoms with Crippen molar-refractivity contribution in [2.45, 2.75) is 46.5 Å². The Morgan fingerprint density at radius 2 is 0.913 bits per heavy atom. The maximum absolute atomic E-state index is 10.4. The number of azide groups is 3. The predicted octanol–water partition coefficient (Wildman–Crippen LogP) is 4.92. The van der Waals surface area contributed by atoms with Crippen LogP contribution in [0.2, 0.25) is 0 Å². The lowest BCUT2D eigenvalue weighted by molar-refractivity contribution is 0.0928. The molecule has 0 aromatic heterocycles. The Hall–Kier alpha value is -1.86. The van der Waals surface area contributed by atoms with Gasteiger partial charge in [-0.2, -0.15) is 8.42 Å². The molecule has 3 N–H and O–H groups in total. The average Bonchev–Trinajstić information content (AvgIpc) is 3.02. The molecule has 22 heteroatoms. The predicted molar refractivity (Wildman–Crippen MR) is 179 cm³/mol. The van der Waals surface area contributed by atoms with Gasteiger partial charge in [0.05, 0.1) is 84.3 Å². The summed E-state index contributed by atoms with van der Waals surface area (Å²) in [5.74, 6) is 0. The summed E-state index contributed by atoms with van der Waals surface area (Å²) in [6.07, 6.45) is 6.07. The molecule has 0 saturated carbocycles. The first kappa shape index (κ1) is 56.5. The first-order chi connectivity index (χ1) is 22.1. The van der Waals surface area contributed by atoms with Crippen LogP contribution in [0.1, 0.15) is 46.5 Å². The number of hydrogen-bond donors (Lipinski definition) is 3. The number of ether oxygens (including phenoxy) is 4. The van der Waals surface area contributed by atoms with E-state index in [0.717, 1.165) is 19.3 Å². The number of alkyl halides is 2. The molecule has 0 aromatic rings. The summed E-state index contributed by atoms with van der Waals surface area (Å²) in [6, 6.07) is 0. The van der Waals surface area contributed by atoms with E-state index in [1.165, 1.54) is 19.3 Å². The summed E-state index contributed by atoms with van der Waals surface area (Å²) in [5.41, 5.74) is 23.4. The number of aliphatic hydroxyl groups excluding tert-OH is 3. The van der Waals surface area contributed by atoms with Gasteiger partial charge in [0.2, 0.25) is 0 Å². The lowest BCUT2D eigenvalue weighted by atomic mass is 10.3. The SMILES string of the molecule is CCCCC.CCCOCCO.CS(=O)(=O)OCCOCCN=[N+]=[N-].ClCCl.[N-]=[N+]=NCCOCCO.[N-]=[N+]=NCCOCCO. The van der Waals surface area contributed by atoms with Crippen LogP contribution in [0.5, 0.6) is 0 Å². The highest BCUT2D eigenvalue weighted by Crippen LogP contribution is 1.88. The molecule has 0 aromatic carbocycles. The highest BCUT2D eigenvalue weighted by molar-refractivity contribution is 7.85. The highest BCUT2D eigenvalue weighted by Gasteiger charge is 1.99. The van der Waals surface area contributed by atoms with Crippen LogP contribution >= 0.6 is 23.2 Å². The van der Waals surface area contributed by atoms with E-state index in [9.17, 15) is 8.42 Å². The molecular weight excluding hydrogens is 677 g/mol. The normalized spacial score (nSPS) is 9.15. The Kier molecular flexibility index (Phi) is 76.2. The van der Waals surface area contributed by atoms with Crippen LogP contribution in [0.4, 0.5) is 0 Å². The van der Waals surface area contributed by atoms with Gasteiger partial charge < -0.3 is 34.3 Å². The maximum Gasteiger partial charge on any atom is 0.264 e. The molecule has 0 fully saturated rings. The van der Waals surface area contributed by atoms with Gasteiger partial charge in [0.1, 0.15) is 0 Å². The van der Waals surface area contributed by atoms with Crippen molar-refractivity contribution in [3.63, 3.8) is 0 Å². The number of halogens is 2. The van der Waals surface area contributed by atoms with E-state index in [1.54, 1.807) is 0 Å². The zero-order valence-corrected chi connectivity index (χ0v) is 29.9. The first-order valence-electron chi connectivity index (χ1n) is 14.3. The minimum absolute atomic E-state index is 0.0102. The monoisotopic (exact) mass is 731 g/mol. The van der Waals surface area contributed by atoms with Crippen molar-refractivity contribution in [3.05, 3.63) is 31.3 Å². The third-order valence-corrected chi connectivity index (χ3v) is 4.08. The van der Waals surface area contributed by atoms with Crippen LogP contribution < -0.4 is 0 Å². The van der Waals surface area contributed by atoms with Crippen molar-refractivity contribution in [1.29, 1.82) is 0 Å². The third kappa shape index (κ3) is 104. The lowest BCUT2D eigenvalue weighted by Crippen LogP contribution is -2.10. The fourth-order valence-corrected chi connectivity index (χ4v) is 2.17. The smallest absolute Gasteiger partial charge is 0.264 e. The van der Waals surface area contributed by atoms with Gasteiger partial charge in [-0.1, -0.05) is 55.4 Å². The molecule has 19 nitrogen and oxygen atoms in total. The van der Waals surface area contributed by atoms with Gasteiger partial charge in [-0.15, -0.1) is 23.2 Å². The number of aliphatic hydroxyl groups is 3. The molecule has 0 saturated heterocycles. The Labute approximate surface area is 283 Å². The zero-order valence-electron chi connectivity index (χ0n) is 27.5. The number of nitrogens with zero attached hydrogens (tertiary/aromatic N) is 9. The molecule has 0 unspecified atom stereocenters. The van der Waals surface area contributed by atoms with Crippen LogP contribution in [0.15, 0.2) is 15.3 Å². The fraction of sp³-hybridized carbons (Fsp3) is 1.00. The lowest BCUT2D eigenvalue weighted by Gasteiger charge is -2.01. The van der Waals surface area contributed by atoms with E-state index in [2.05, 4.69) is 48.1 Å². The van der Waals surface area contributed by atoms with Gasteiger partial charge in [0, 0.05) is 41.0 Å². The van der Waals surface area contributed by atoms with Crippen molar-refractivity contribution in [1.82, 2.24) is 0 Å². The average molecular weight is 733 g/mol. The largest absolute Gasteiger partial charge is 0.394 e.